The molecule has 0 bridgehead atoms. The number of hydrogen-bond donors (Lipinski definition) is 1. The van der Waals surface area contributed by atoms with Crippen LogP contribution in [0.1, 0.15) is 10.6 Å². The molecule has 0 saturated heterocycles. The number of thiophene rings is 1. The molecule has 23 heavy (non-hydrogen) atoms. The molecule has 0 aliphatic heterocycles. The van der Waals surface area contributed by atoms with E-state index in [1.807, 2.05) is 24.4 Å². The van der Waals surface area contributed by atoms with Crippen LogP contribution in [0.5, 0.6) is 0 Å². The van der Waals surface area contributed by atoms with Crippen LogP contribution in [0.15, 0.2) is 46.7 Å². The minimum atomic E-state index is -3.60. The topological polar surface area (TPSA) is 59.1 Å². The van der Waals surface area contributed by atoms with Crippen molar-refractivity contribution in [3.8, 4) is 9.88 Å². The summed E-state index contributed by atoms with van der Waals surface area (Å²) in [6, 6.07) is 10.2. The highest BCUT2D eigenvalue weighted by Gasteiger charge is 2.16. The van der Waals surface area contributed by atoms with Crippen molar-refractivity contribution in [3.63, 3.8) is 0 Å². The average molecular weight is 385 g/mol. The fourth-order valence-corrected chi connectivity index (χ4v) is 5.16. The molecule has 0 amide bonds. The number of hydrogen-bond acceptors (Lipinski definition) is 5. The van der Waals surface area contributed by atoms with E-state index in [0.29, 0.717) is 5.02 Å². The van der Waals surface area contributed by atoms with Crippen molar-refractivity contribution in [2.24, 2.45) is 0 Å². The number of aromatic nitrogens is 1. The Morgan fingerprint density at radius 2 is 2.09 bits per heavy atom. The molecule has 2 heterocycles. The Balaban J connectivity index is 1.78. The first-order chi connectivity index (χ1) is 11.0. The van der Waals surface area contributed by atoms with Crippen molar-refractivity contribution in [1.29, 1.82) is 0 Å². The largest absolute Gasteiger partial charge is 0.240 e. The Bertz CT molecular complexity index is 918. The zero-order valence-corrected chi connectivity index (χ0v) is 15.3. The van der Waals surface area contributed by atoms with Gasteiger partial charge in [-0.2, -0.15) is 0 Å². The lowest BCUT2D eigenvalue weighted by atomic mass is 10.4. The summed E-state index contributed by atoms with van der Waals surface area (Å²) in [7, 11) is -3.60. The van der Waals surface area contributed by atoms with Crippen molar-refractivity contribution in [1.82, 2.24) is 9.71 Å². The van der Waals surface area contributed by atoms with Gasteiger partial charge in [0.2, 0.25) is 10.0 Å². The van der Waals surface area contributed by atoms with Gasteiger partial charge in [0.15, 0.2) is 0 Å². The van der Waals surface area contributed by atoms with Crippen LogP contribution in [0.25, 0.3) is 9.88 Å². The van der Waals surface area contributed by atoms with Gasteiger partial charge in [-0.25, -0.2) is 18.1 Å². The van der Waals surface area contributed by atoms with Crippen molar-refractivity contribution < 1.29 is 8.42 Å². The Morgan fingerprint density at radius 1 is 1.26 bits per heavy atom. The van der Waals surface area contributed by atoms with E-state index in [4.69, 9.17) is 11.6 Å². The molecule has 1 aromatic carbocycles. The van der Waals surface area contributed by atoms with E-state index in [2.05, 4.69) is 9.71 Å². The van der Waals surface area contributed by atoms with Gasteiger partial charge in [-0.15, -0.1) is 22.7 Å². The number of thiazole rings is 1. The van der Waals surface area contributed by atoms with Crippen LogP contribution in [-0.4, -0.2) is 13.4 Å². The van der Waals surface area contributed by atoms with Crippen molar-refractivity contribution >= 4 is 44.3 Å². The SMILES string of the molecule is Cc1nc(-c2cccs2)sc1CNS(=O)(=O)c1cccc(Cl)c1. The van der Waals surface area contributed by atoms with Gasteiger partial charge in [0.1, 0.15) is 5.01 Å². The van der Waals surface area contributed by atoms with Crippen molar-refractivity contribution in [2.45, 2.75) is 18.4 Å². The summed E-state index contributed by atoms with van der Waals surface area (Å²) in [6.07, 6.45) is 0. The summed E-state index contributed by atoms with van der Waals surface area (Å²) < 4.78 is 27.2. The second kappa shape index (κ2) is 6.70. The molecule has 0 aliphatic carbocycles. The van der Waals surface area contributed by atoms with Gasteiger partial charge < -0.3 is 0 Å². The molecule has 1 N–H and O–H groups in total. The van der Waals surface area contributed by atoms with E-state index in [1.165, 1.54) is 23.5 Å². The normalized spacial score (nSPS) is 11.7. The lowest BCUT2D eigenvalue weighted by Crippen LogP contribution is -2.23. The fourth-order valence-electron chi connectivity index (χ4n) is 1.98. The Hall–Kier alpha value is -1.25. The molecule has 120 valence electrons. The van der Waals surface area contributed by atoms with Crippen LogP contribution in [0.3, 0.4) is 0 Å². The van der Waals surface area contributed by atoms with Gasteiger partial charge in [0.05, 0.1) is 15.5 Å². The number of sulfonamides is 1. The summed E-state index contributed by atoms with van der Waals surface area (Å²) in [6.45, 7) is 2.10. The van der Waals surface area contributed by atoms with E-state index >= 15 is 0 Å². The summed E-state index contributed by atoms with van der Waals surface area (Å²) in [5.41, 5.74) is 0.840. The first-order valence-corrected chi connectivity index (χ1v) is 10.3. The smallest absolute Gasteiger partial charge is 0.240 e. The number of benzene rings is 1. The molecule has 2 aromatic heterocycles. The van der Waals surface area contributed by atoms with Gasteiger partial charge >= 0.3 is 0 Å². The zero-order chi connectivity index (χ0) is 16.4. The van der Waals surface area contributed by atoms with Crippen molar-refractivity contribution in [3.05, 3.63) is 57.4 Å². The third kappa shape index (κ3) is 3.81. The van der Waals surface area contributed by atoms with E-state index in [0.717, 1.165) is 20.5 Å². The van der Waals surface area contributed by atoms with E-state index in [1.54, 1.807) is 23.5 Å². The van der Waals surface area contributed by atoms with Crippen LogP contribution < -0.4 is 4.72 Å². The number of aryl methyl sites for hydroxylation is 1. The molecule has 4 nitrogen and oxygen atoms in total. The molecule has 0 radical (unpaired) electrons. The average Bonchev–Trinajstić information content (AvgIpc) is 3.15. The van der Waals surface area contributed by atoms with Crippen LogP contribution in [0, 0.1) is 6.92 Å². The van der Waals surface area contributed by atoms with Crippen LogP contribution in [-0.2, 0) is 16.6 Å². The molecule has 0 spiro atoms. The molecule has 0 aliphatic rings. The maximum absolute atomic E-state index is 12.3. The molecule has 0 fully saturated rings. The maximum Gasteiger partial charge on any atom is 0.240 e. The van der Waals surface area contributed by atoms with Gasteiger partial charge in [-0.1, -0.05) is 23.7 Å². The lowest BCUT2D eigenvalue weighted by Gasteiger charge is -2.06. The summed E-state index contributed by atoms with van der Waals surface area (Å²) >= 11 is 8.97. The van der Waals surface area contributed by atoms with Crippen molar-refractivity contribution in [2.75, 3.05) is 0 Å². The minimum Gasteiger partial charge on any atom is -0.240 e. The monoisotopic (exact) mass is 384 g/mol. The number of nitrogens with zero attached hydrogens (tertiary/aromatic N) is 1. The summed E-state index contributed by atoms with van der Waals surface area (Å²) in [5, 5.41) is 3.30. The standard InChI is InChI=1S/C15H13ClN2O2S3/c1-10-14(22-15(18-10)13-6-3-7-21-13)9-17-23(19,20)12-5-2-4-11(16)8-12/h2-8,17H,9H2,1H3. The molecule has 0 atom stereocenters. The second-order valence-corrected chi connectivity index (χ2v) is 9.02. The minimum absolute atomic E-state index is 0.158. The third-order valence-electron chi connectivity index (χ3n) is 3.15. The van der Waals surface area contributed by atoms with E-state index in [-0.39, 0.29) is 11.4 Å². The second-order valence-electron chi connectivity index (χ2n) is 4.79. The van der Waals surface area contributed by atoms with Crippen LogP contribution in [0.4, 0.5) is 0 Å². The first kappa shape index (κ1) is 16.6. The molecular weight excluding hydrogens is 372 g/mol. The number of rotatable bonds is 5. The predicted octanol–water partition coefficient (Wildman–Crippen LogP) is 4.31. The summed E-state index contributed by atoms with van der Waals surface area (Å²) in [4.78, 5) is 6.66. The molecule has 3 aromatic rings. The Kier molecular flexibility index (Phi) is 4.84. The first-order valence-electron chi connectivity index (χ1n) is 6.71. The highest BCUT2D eigenvalue weighted by atomic mass is 35.5. The Morgan fingerprint density at radius 3 is 2.78 bits per heavy atom. The highest BCUT2D eigenvalue weighted by Crippen LogP contribution is 2.31. The molecule has 0 saturated carbocycles. The van der Waals surface area contributed by atoms with Gasteiger partial charge in [0.25, 0.3) is 0 Å². The molecule has 3 rings (SSSR count). The van der Waals surface area contributed by atoms with Crippen LogP contribution in [0.2, 0.25) is 5.02 Å². The van der Waals surface area contributed by atoms with Gasteiger partial charge in [-0.3, -0.25) is 0 Å². The van der Waals surface area contributed by atoms with Gasteiger partial charge in [0, 0.05) is 16.4 Å². The maximum atomic E-state index is 12.3. The predicted molar refractivity (Wildman–Crippen MR) is 95.6 cm³/mol. The molecular formula is C15H13ClN2O2S3. The zero-order valence-electron chi connectivity index (χ0n) is 12.1. The summed E-state index contributed by atoms with van der Waals surface area (Å²) in [5.74, 6) is 0. The quantitative estimate of drug-likeness (QED) is 0.712. The molecule has 0 unspecified atom stereocenters. The van der Waals surface area contributed by atoms with Crippen LogP contribution >= 0.6 is 34.3 Å². The third-order valence-corrected chi connectivity index (χ3v) is 6.98. The Labute approximate surface area is 147 Å². The fraction of sp³-hybridized carbons (Fsp3) is 0.133. The number of halogens is 1. The molecule has 8 heteroatoms. The van der Waals surface area contributed by atoms with Gasteiger partial charge in [-0.05, 0) is 36.6 Å². The van der Waals surface area contributed by atoms with E-state index in [9.17, 15) is 8.42 Å². The number of nitrogens with one attached hydrogen (secondary N) is 1. The van der Waals surface area contributed by atoms with E-state index < -0.39 is 10.0 Å². The lowest BCUT2D eigenvalue weighted by molar-refractivity contribution is 0.581. The highest BCUT2D eigenvalue weighted by molar-refractivity contribution is 7.89.